The Kier molecular flexibility index (Phi) is 4.75. The summed E-state index contributed by atoms with van der Waals surface area (Å²) in [5, 5.41) is 10.3. The van der Waals surface area contributed by atoms with Crippen molar-refractivity contribution in [2.24, 2.45) is 0 Å². The van der Waals surface area contributed by atoms with Crippen molar-refractivity contribution in [1.29, 1.82) is 0 Å². The molecule has 1 N–H and O–H groups in total. The molecule has 0 fully saturated rings. The fourth-order valence-electron chi connectivity index (χ4n) is 4.62. The third-order valence-corrected chi connectivity index (χ3v) is 6.06. The number of ether oxygens (including phenoxy) is 1. The molecule has 0 radical (unpaired) electrons. The molecule has 0 spiro atoms. The Balaban J connectivity index is 1.40. The molecule has 2 aliphatic rings. The lowest BCUT2D eigenvalue weighted by Gasteiger charge is -2.24. The predicted molar refractivity (Wildman–Crippen MR) is 113 cm³/mol. The quantitative estimate of drug-likeness (QED) is 0.623. The van der Waals surface area contributed by atoms with Gasteiger partial charge < -0.3 is 9.84 Å². The van der Waals surface area contributed by atoms with Gasteiger partial charge in [0, 0.05) is 18.0 Å². The van der Waals surface area contributed by atoms with E-state index in [-0.39, 0.29) is 12.5 Å². The molecule has 1 aliphatic carbocycles. The second-order valence-corrected chi connectivity index (χ2v) is 7.82. The van der Waals surface area contributed by atoms with Gasteiger partial charge in [-0.1, -0.05) is 48.5 Å². The molecule has 1 amide bonds. The zero-order valence-corrected chi connectivity index (χ0v) is 16.4. The van der Waals surface area contributed by atoms with Crippen LogP contribution in [-0.2, 0) is 4.74 Å². The molecule has 1 aliphatic heterocycles. The number of fused-ring (bicyclic) bond motifs is 4. The van der Waals surface area contributed by atoms with Crippen LogP contribution in [0, 0.1) is 5.82 Å². The zero-order chi connectivity index (χ0) is 20.7. The van der Waals surface area contributed by atoms with E-state index in [2.05, 4.69) is 24.3 Å². The second kappa shape index (κ2) is 7.58. The minimum atomic E-state index is -0.790. The molecule has 3 aromatic carbocycles. The number of nitrogens with zero attached hydrogens (tertiary/aromatic N) is 1. The minimum absolute atomic E-state index is 0.0217. The van der Waals surface area contributed by atoms with E-state index in [0.717, 1.165) is 11.1 Å². The second-order valence-electron chi connectivity index (χ2n) is 7.82. The van der Waals surface area contributed by atoms with Crippen LogP contribution in [0.25, 0.3) is 11.1 Å². The molecular formula is C25H22FNO3. The van der Waals surface area contributed by atoms with Gasteiger partial charge >= 0.3 is 6.09 Å². The first-order valence-corrected chi connectivity index (χ1v) is 10.2. The third-order valence-electron chi connectivity index (χ3n) is 6.06. The molecule has 0 saturated heterocycles. The van der Waals surface area contributed by atoms with Gasteiger partial charge in [0.25, 0.3) is 0 Å². The Bertz CT molecular complexity index is 1070. The number of hydrogen-bond donors (Lipinski definition) is 1. The summed E-state index contributed by atoms with van der Waals surface area (Å²) < 4.78 is 19.5. The Morgan fingerprint density at radius 3 is 2.37 bits per heavy atom. The van der Waals surface area contributed by atoms with Gasteiger partial charge in [0.15, 0.2) is 0 Å². The molecule has 3 aromatic rings. The van der Waals surface area contributed by atoms with Gasteiger partial charge in [0.1, 0.15) is 12.4 Å². The number of benzene rings is 3. The fourth-order valence-corrected chi connectivity index (χ4v) is 4.62. The lowest BCUT2D eigenvalue weighted by atomic mass is 9.98. The van der Waals surface area contributed by atoms with Crippen molar-refractivity contribution in [3.8, 4) is 11.1 Å². The first-order chi connectivity index (χ1) is 14.6. The van der Waals surface area contributed by atoms with Crippen molar-refractivity contribution in [3.63, 3.8) is 0 Å². The molecule has 1 atom stereocenters. The highest BCUT2D eigenvalue weighted by molar-refractivity contribution is 5.89. The smallest absolute Gasteiger partial charge is 0.414 e. The average Bonchev–Trinajstić information content (AvgIpc) is 2.99. The first-order valence-electron chi connectivity index (χ1n) is 10.2. The van der Waals surface area contributed by atoms with Crippen molar-refractivity contribution in [1.82, 2.24) is 0 Å². The van der Waals surface area contributed by atoms with Crippen LogP contribution in [0.5, 0.6) is 0 Å². The average molecular weight is 403 g/mol. The molecule has 152 valence electrons. The number of aliphatic hydroxyl groups excluding tert-OH is 1. The van der Waals surface area contributed by atoms with Crippen molar-refractivity contribution < 1.29 is 19.0 Å². The van der Waals surface area contributed by atoms with Crippen LogP contribution in [0.3, 0.4) is 0 Å². The van der Waals surface area contributed by atoms with Crippen LogP contribution in [0.15, 0.2) is 66.7 Å². The molecule has 1 heterocycles. The monoisotopic (exact) mass is 403 g/mol. The van der Waals surface area contributed by atoms with Gasteiger partial charge in [-0.3, -0.25) is 4.90 Å². The molecule has 0 saturated carbocycles. The van der Waals surface area contributed by atoms with Gasteiger partial charge in [0.2, 0.25) is 0 Å². The number of carbonyl (C=O) groups excluding carboxylic acids is 1. The van der Waals surface area contributed by atoms with E-state index < -0.39 is 18.0 Å². The van der Waals surface area contributed by atoms with E-state index in [9.17, 15) is 14.3 Å². The molecule has 4 nitrogen and oxygen atoms in total. The Labute approximate surface area is 174 Å². The zero-order valence-electron chi connectivity index (χ0n) is 16.4. The number of halogens is 1. The summed E-state index contributed by atoms with van der Waals surface area (Å²) in [4.78, 5) is 14.5. The topological polar surface area (TPSA) is 49.8 Å². The van der Waals surface area contributed by atoms with Crippen LogP contribution >= 0.6 is 0 Å². The largest absolute Gasteiger partial charge is 0.448 e. The van der Waals surface area contributed by atoms with Gasteiger partial charge in [-0.2, -0.15) is 0 Å². The van der Waals surface area contributed by atoms with E-state index >= 15 is 0 Å². The van der Waals surface area contributed by atoms with E-state index in [1.807, 2.05) is 24.3 Å². The number of rotatable bonds is 2. The molecule has 30 heavy (non-hydrogen) atoms. The summed E-state index contributed by atoms with van der Waals surface area (Å²) >= 11 is 0. The van der Waals surface area contributed by atoms with Crippen LogP contribution < -0.4 is 4.90 Å². The number of hydrogen-bond acceptors (Lipinski definition) is 3. The van der Waals surface area contributed by atoms with Gasteiger partial charge in [-0.05, 0) is 53.3 Å². The standard InChI is InChI=1S/C25H22FNO3/c26-16-11-12-23-21(14-16)24(28)10-5-13-27(23)25(29)30-15-22-19-8-3-1-6-17(19)18-7-2-4-9-20(18)22/h1-4,6-9,11-12,14,22,24,28H,5,10,13,15H2. The van der Waals surface area contributed by atoms with E-state index in [1.54, 1.807) is 6.07 Å². The first kappa shape index (κ1) is 18.8. The normalized spacial score (nSPS) is 17.7. The molecule has 0 bridgehead atoms. The summed E-state index contributed by atoms with van der Waals surface area (Å²) in [7, 11) is 0. The highest BCUT2D eigenvalue weighted by Crippen LogP contribution is 2.44. The maximum Gasteiger partial charge on any atom is 0.414 e. The molecule has 0 aromatic heterocycles. The molecular weight excluding hydrogens is 381 g/mol. The number of anilines is 1. The Morgan fingerprint density at radius 2 is 1.67 bits per heavy atom. The SMILES string of the molecule is O=C(OCC1c2ccccc2-c2ccccc21)N1CCCC(O)c2cc(F)ccc21. The number of aliphatic hydroxyl groups is 1. The van der Waals surface area contributed by atoms with Crippen LogP contribution in [0.2, 0.25) is 0 Å². The summed E-state index contributed by atoms with van der Waals surface area (Å²) in [6, 6.07) is 20.5. The maximum atomic E-state index is 13.7. The van der Waals surface area contributed by atoms with Crippen molar-refractivity contribution >= 4 is 11.8 Å². The summed E-state index contributed by atoms with van der Waals surface area (Å²) in [5.74, 6) is -0.450. The lowest BCUT2D eigenvalue weighted by molar-refractivity contribution is 0.150. The molecule has 5 rings (SSSR count). The van der Waals surface area contributed by atoms with Crippen LogP contribution in [0.1, 0.15) is 41.6 Å². The van der Waals surface area contributed by atoms with Gasteiger partial charge in [-0.25, -0.2) is 9.18 Å². The lowest BCUT2D eigenvalue weighted by Crippen LogP contribution is -2.33. The Morgan fingerprint density at radius 1 is 1.00 bits per heavy atom. The van der Waals surface area contributed by atoms with Crippen molar-refractivity contribution in [2.45, 2.75) is 24.9 Å². The maximum absolute atomic E-state index is 13.7. The van der Waals surface area contributed by atoms with Crippen molar-refractivity contribution in [3.05, 3.63) is 89.2 Å². The molecule has 5 heteroatoms. The summed E-state index contributed by atoms with van der Waals surface area (Å²) in [5.41, 5.74) is 5.60. The van der Waals surface area contributed by atoms with Gasteiger partial charge in [-0.15, -0.1) is 0 Å². The highest BCUT2D eigenvalue weighted by atomic mass is 19.1. The van der Waals surface area contributed by atoms with E-state index in [0.29, 0.717) is 30.6 Å². The fraction of sp³-hybridized carbons (Fsp3) is 0.240. The minimum Gasteiger partial charge on any atom is -0.448 e. The van der Waals surface area contributed by atoms with Gasteiger partial charge in [0.05, 0.1) is 11.8 Å². The predicted octanol–water partition coefficient (Wildman–Crippen LogP) is 5.41. The number of amides is 1. The third kappa shape index (κ3) is 3.15. The van der Waals surface area contributed by atoms with Crippen molar-refractivity contribution in [2.75, 3.05) is 18.1 Å². The molecule has 1 unspecified atom stereocenters. The van der Waals surface area contributed by atoms with Crippen LogP contribution in [-0.4, -0.2) is 24.4 Å². The highest BCUT2D eigenvalue weighted by Gasteiger charge is 2.31. The van der Waals surface area contributed by atoms with Crippen LogP contribution in [0.4, 0.5) is 14.9 Å². The van der Waals surface area contributed by atoms with E-state index in [4.69, 9.17) is 4.74 Å². The number of carbonyl (C=O) groups is 1. The van der Waals surface area contributed by atoms with E-state index in [1.165, 1.54) is 28.2 Å². The Hall–Kier alpha value is -3.18. The summed E-state index contributed by atoms with van der Waals surface area (Å²) in [6.45, 7) is 0.648. The summed E-state index contributed by atoms with van der Waals surface area (Å²) in [6.07, 6.45) is -0.174.